The minimum atomic E-state index is -0.467. The standard InChI is InChI=1S/C17H24N4O2/c1-16(2,3)23-12-17(4,5)20-15(22)13-7-8-14(18-11-13)21-10-6-9-19-21/h6-11H,12H2,1-5H3,(H,20,22). The number of hydrogen-bond acceptors (Lipinski definition) is 4. The van der Waals surface area contributed by atoms with Crippen molar-refractivity contribution in [2.24, 2.45) is 0 Å². The van der Waals surface area contributed by atoms with Gasteiger partial charge in [-0.05, 0) is 52.8 Å². The van der Waals surface area contributed by atoms with E-state index in [1.807, 2.05) is 40.7 Å². The van der Waals surface area contributed by atoms with Crippen molar-refractivity contribution < 1.29 is 9.53 Å². The van der Waals surface area contributed by atoms with Crippen molar-refractivity contribution >= 4 is 5.91 Å². The SMILES string of the molecule is CC(C)(COC(C)(C)C)NC(=O)c1ccc(-n2cccn2)nc1. The van der Waals surface area contributed by atoms with Gasteiger partial charge in [-0.2, -0.15) is 5.10 Å². The van der Waals surface area contributed by atoms with E-state index < -0.39 is 5.54 Å². The van der Waals surface area contributed by atoms with E-state index in [1.54, 1.807) is 35.4 Å². The van der Waals surface area contributed by atoms with Crippen molar-refractivity contribution in [1.29, 1.82) is 0 Å². The number of carbonyl (C=O) groups excluding carboxylic acids is 1. The van der Waals surface area contributed by atoms with Gasteiger partial charge in [0.1, 0.15) is 0 Å². The fourth-order valence-electron chi connectivity index (χ4n) is 1.87. The summed E-state index contributed by atoms with van der Waals surface area (Å²) in [6.45, 7) is 10.3. The summed E-state index contributed by atoms with van der Waals surface area (Å²) in [7, 11) is 0. The Labute approximate surface area is 136 Å². The van der Waals surface area contributed by atoms with Gasteiger partial charge in [0, 0.05) is 18.6 Å². The van der Waals surface area contributed by atoms with Gasteiger partial charge < -0.3 is 10.1 Å². The molecule has 2 rings (SSSR count). The molecule has 0 atom stereocenters. The Hall–Kier alpha value is -2.21. The molecule has 124 valence electrons. The monoisotopic (exact) mass is 316 g/mol. The van der Waals surface area contributed by atoms with Crippen molar-refractivity contribution in [2.75, 3.05) is 6.61 Å². The summed E-state index contributed by atoms with van der Waals surface area (Å²) in [5, 5.41) is 7.08. The number of carbonyl (C=O) groups is 1. The summed E-state index contributed by atoms with van der Waals surface area (Å²) < 4.78 is 7.40. The Morgan fingerprint density at radius 3 is 2.52 bits per heavy atom. The summed E-state index contributed by atoms with van der Waals surface area (Å²) in [6, 6.07) is 5.32. The molecule has 0 saturated carbocycles. The van der Waals surface area contributed by atoms with Gasteiger partial charge in [0.15, 0.2) is 5.82 Å². The highest BCUT2D eigenvalue weighted by atomic mass is 16.5. The molecule has 0 saturated heterocycles. The quantitative estimate of drug-likeness (QED) is 0.920. The minimum Gasteiger partial charge on any atom is -0.373 e. The smallest absolute Gasteiger partial charge is 0.253 e. The molecule has 1 amide bonds. The molecule has 0 aromatic carbocycles. The van der Waals surface area contributed by atoms with Crippen molar-refractivity contribution in [3.63, 3.8) is 0 Å². The number of aromatic nitrogens is 3. The van der Waals surface area contributed by atoms with Crippen LogP contribution in [-0.4, -0.2) is 38.4 Å². The zero-order valence-electron chi connectivity index (χ0n) is 14.3. The molecule has 0 spiro atoms. The molecule has 1 N–H and O–H groups in total. The average molecular weight is 316 g/mol. The molecular weight excluding hydrogens is 292 g/mol. The number of pyridine rings is 1. The van der Waals surface area contributed by atoms with Gasteiger partial charge in [0.05, 0.1) is 23.3 Å². The normalized spacial score (nSPS) is 12.2. The average Bonchev–Trinajstić information content (AvgIpc) is 2.98. The Kier molecular flexibility index (Phi) is 4.85. The number of amides is 1. The highest BCUT2D eigenvalue weighted by Crippen LogP contribution is 2.13. The molecule has 6 nitrogen and oxygen atoms in total. The maximum Gasteiger partial charge on any atom is 0.253 e. The van der Waals surface area contributed by atoms with Crippen LogP contribution in [-0.2, 0) is 4.74 Å². The first kappa shape index (κ1) is 17.1. The van der Waals surface area contributed by atoms with Crippen LogP contribution in [0.1, 0.15) is 45.0 Å². The molecule has 0 bridgehead atoms. The minimum absolute atomic E-state index is 0.174. The van der Waals surface area contributed by atoms with E-state index in [0.29, 0.717) is 18.0 Å². The number of nitrogens with one attached hydrogen (secondary N) is 1. The van der Waals surface area contributed by atoms with E-state index in [4.69, 9.17) is 4.74 Å². The first-order chi connectivity index (χ1) is 10.7. The molecule has 23 heavy (non-hydrogen) atoms. The van der Waals surface area contributed by atoms with Crippen LogP contribution >= 0.6 is 0 Å². The van der Waals surface area contributed by atoms with Crippen molar-refractivity contribution in [2.45, 2.75) is 45.8 Å². The fraction of sp³-hybridized carbons (Fsp3) is 0.471. The summed E-state index contributed by atoms with van der Waals surface area (Å²) >= 11 is 0. The topological polar surface area (TPSA) is 69.0 Å². The molecule has 0 fully saturated rings. The zero-order valence-corrected chi connectivity index (χ0v) is 14.3. The van der Waals surface area contributed by atoms with Gasteiger partial charge >= 0.3 is 0 Å². The molecule has 0 aliphatic carbocycles. The maximum absolute atomic E-state index is 12.4. The van der Waals surface area contributed by atoms with E-state index >= 15 is 0 Å². The molecule has 0 radical (unpaired) electrons. The molecule has 0 unspecified atom stereocenters. The van der Waals surface area contributed by atoms with Crippen LogP contribution < -0.4 is 5.32 Å². The van der Waals surface area contributed by atoms with Crippen molar-refractivity contribution in [3.05, 3.63) is 42.4 Å². The van der Waals surface area contributed by atoms with Gasteiger partial charge in [0.25, 0.3) is 5.91 Å². The second-order valence-electron chi connectivity index (χ2n) is 7.09. The summed E-state index contributed by atoms with van der Waals surface area (Å²) in [5.41, 5.74) is -0.204. The number of hydrogen-bond donors (Lipinski definition) is 1. The lowest BCUT2D eigenvalue weighted by Crippen LogP contribution is -2.48. The van der Waals surface area contributed by atoms with Crippen LogP contribution in [0.2, 0.25) is 0 Å². The molecule has 6 heteroatoms. The van der Waals surface area contributed by atoms with Gasteiger partial charge in [-0.1, -0.05) is 0 Å². The second-order valence-corrected chi connectivity index (χ2v) is 7.09. The summed E-state index contributed by atoms with van der Waals surface area (Å²) in [6.07, 6.45) is 5.03. The zero-order chi connectivity index (χ0) is 17.1. The van der Waals surface area contributed by atoms with Crippen LogP contribution in [0, 0.1) is 0 Å². The Bertz CT molecular complexity index is 640. The van der Waals surface area contributed by atoms with Crippen LogP contribution in [0.5, 0.6) is 0 Å². The van der Waals surface area contributed by atoms with Gasteiger partial charge in [0.2, 0.25) is 0 Å². The maximum atomic E-state index is 12.4. The Morgan fingerprint density at radius 1 is 1.26 bits per heavy atom. The van der Waals surface area contributed by atoms with E-state index in [1.165, 1.54) is 0 Å². The number of nitrogens with zero attached hydrogens (tertiary/aromatic N) is 3. The largest absolute Gasteiger partial charge is 0.373 e. The molecule has 2 heterocycles. The molecule has 2 aromatic heterocycles. The third-order valence-corrected chi connectivity index (χ3v) is 3.07. The first-order valence-corrected chi connectivity index (χ1v) is 7.59. The van der Waals surface area contributed by atoms with E-state index in [-0.39, 0.29) is 11.5 Å². The van der Waals surface area contributed by atoms with Gasteiger partial charge in [-0.25, -0.2) is 9.67 Å². The Balaban J connectivity index is 2.00. The van der Waals surface area contributed by atoms with E-state index in [9.17, 15) is 4.79 Å². The second kappa shape index (κ2) is 6.50. The summed E-state index contributed by atoms with van der Waals surface area (Å²) in [4.78, 5) is 16.6. The molecule has 2 aromatic rings. The third-order valence-electron chi connectivity index (χ3n) is 3.07. The first-order valence-electron chi connectivity index (χ1n) is 7.59. The predicted molar refractivity (Wildman–Crippen MR) is 88.6 cm³/mol. The highest BCUT2D eigenvalue weighted by Gasteiger charge is 2.24. The van der Waals surface area contributed by atoms with Crippen molar-refractivity contribution in [3.8, 4) is 5.82 Å². The molecule has 0 aliphatic heterocycles. The fourth-order valence-corrected chi connectivity index (χ4v) is 1.87. The van der Waals surface area contributed by atoms with Crippen LogP contribution in [0.15, 0.2) is 36.8 Å². The van der Waals surface area contributed by atoms with Crippen LogP contribution in [0.4, 0.5) is 0 Å². The predicted octanol–water partition coefficient (Wildman–Crippen LogP) is 2.59. The van der Waals surface area contributed by atoms with Crippen LogP contribution in [0.3, 0.4) is 0 Å². The van der Waals surface area contributed by atoms with Gasteiger partial charge in [-0.15, -0.1) is 0 Å². The lowest BCUT2D eigenvalue weighted by atomic mass is 10.1. The molecular formula is C17H24N4O2. The molecule has 0 aliphatic rings. The number of rotatable bonds is 5. The lowest BCUT2D eigenvalue weighted by Gasteiger charge is -2.30. The van der Waals surface area contributed by atoms with E-state index in [2.05, 4.69) is 15.4 Å². The van der Waals surface area contributed by atoms with Crippen molar-refractivity contribution in [1.82, 2.24) is 20.1 Å². The van der Waals surface area contributed by atoms with Crippen LogP contribution in [0.25, 0.3) is 5.82 Å². The highest BCUT2D eigenvalue weighted by molar-refractivity contribution is 5.94. The number of ether oxygens (including phenoxy) is 1. The Morgan fingerprint density at radius 2 is 2.00 bits per heavy atom. The lowest BCUT2D eigenvalue weighted by molar-refractivity contribution is -0.0288. The van der Waals surface area contributed by atoms with Gasteiger partial charge in [-0.3, -0.25) is 4.79 Å². The third kappa shape index (κ3) is 5.17. The summed E-state index contributed by atoms with van der Waals surface area (Å²) in [5.74, 6) is 0.494. The van der Waals surface area contributed by atoms with E-state index in [0.717, 1.165) is 0 Å².